The van der Waals surface area contributed by atoms with Gasteiger partial charge >= 0.3 is 5.97 Å². The van der Waals surface area contributed by atoms with Crippen LogP contribution in [-0.2, 0) is 6.42 Å². The van der Waals surface area contributed by atoms with Gasteiger partial charge in [-0.25, -0.2) is 9.78 Å². The van der Waals surface area contributed by atoms with Crippen molar-refractivity contribution in [1.82, 2.24) is 9.97 Å². The monoisotopic (exact) mass is 474 g/mol. The summed E-state index contributed by atoms with van der Waals surface area (Å²) in [6, 6.07) is 8.20. The second kappa shape index (κ2) is 13.5. The van der Waals surface area contributed by atoms with Crippen molar-refractivity contribution in [3.63, 3.8) is 0 Å². The number of nitrogens with one attached hydrogen (secondary N) is 1. The van der Waals surface area contributed by atoms with Gasteiger partial charge in [0.05, 0.1) is 22.9 Å². The van der Waals surface area contributed by atoms with Gasteiger partial charge in [0, 0.05) is 5.02 Å². The van der Waals surface area contributed by atoms with E-state index in [4.69, 9.17) is 21.8 Å². The normalized spacial score (nSPS) is 11.2. The molecule has 2 aromatic carbocycles. The highest BCUT2D eigenvalue weighted by Gasteiger charge is 2.06. The van der Waals surface area contributed by atoms with Crippen LogP contribution in [0.3, 0.4) is 0 Å². The highest BCUT2D eigenvalue weighted by Crippen LogP contribution is 2.22. The molecular formula is C28H27ClN2O3. The van der Waals surface area contributed by atoms with E-state index in [1.165, 1.54) is 12.1 Å². The first-order valence-corrected chi connectivity index (χ1v) is 11.0. The number of aromatic nitrogens is 2. The summed E-state index contributed by atoms with van der Waals surface area (Å²) in [5, 5.41) is 18.2. The van der Waals surface area contributed by atoms with Crippen LogP contribution >= 0.6 is 11.6 Å². The predicted molar refractivity (Wildman–Crippen MR) is 139 cm³/mol. The largest absolute Gasteiger partial charge is 0.508 e. The first-order valence-electron chi connectivity index (χ1n) is 10.6. The summed E-state index contributed by atoms with van der Waals surface area (Å²) in [6.45, 7) is 7.36. The number of aromatic carboxylic acids is 1. The van der Waals surface area contributed by atoms with E-state index in [1.54, 1.807) is 25.4 Å². The van der Waals surface area contributed by atoms with Gasteiger partial charge in [-0.1, -0.05) is 61.2 Å². The van der Waals surface area contributed by atoms with Crippen molar-refractivity contribution in [3.05, 3.63) is 107 Å². The van der Waals surface area contributed by atoms with Crippen molar-refractivity contribution in [1.29, 1.82) is 0 Å². The SMILES string of the molecule is C=CC#C/C=C/C(/C=C\Cc1cc2[nH]cnc2cc1Cl)=C/CC.Cc1ccc(O)cc1C(=O)O. The second-order valence-electron chi connectivity index (χ2n) is 7.21. The number of imidazole rings is 1. The number of aromatic amines is 1. The van der Waals surface area contributed by atoms with Crippen molar-refractivity contribution in [3.8, 4) is 17.6 Å². The topological polar surface area (TPSA) is 86.2 Å². The fourth-order valence-corrected chi connectivity index (χ4v) is 3.23. The molecule has 174 valence electrons. The third kappa shape index (κ3) is 8.16. The summed E-state index contributed by atoms with van der Waals surface area (Å²) in [6.07, 6.45) is 15.2. The van der Waals surface area contributed by atoms with Gasteiger partial charge < -0.3 is 15.2 Å². The highest BCUT2D eigenvalue weighted by atomic mass is 35.5. The van der Waals surface area contributed by atoms with Crippen molar-refractivity contribution in [2.45, 2.75) is 26.7 Å². The molecule has 0 aliphatic heterocycles. The lowest BCUT2D eigenvalue weighted by Gasteiger charge is -2.01. The number of carbonyl (C=O) groups is 1. The van der Waals surface area contributed by atoms with Crippen molar-refractivity contribution >= 4 is 28.6 Å². The fourth-order valence-electron chi connectivity index (χ4n) is 2.99. The molecule has 0 bridgehead atoms. The maximum absolute atomic E-state index is 10.5. The number of nitrogens with zero attached hydrogens (tertiary/aromatic N) is 1. The summed E-state index contributed by atoms with van der Waals surface area (Å²) in [5.41, 5.74) is 4.88. The van der Waals surface area contributed by atoms with Gasteiger partial charge in [-0.05, 0) is 79.0 Å². The summed E-state index contributed by atoms with van der Waals surface area (Å²) in [4.78, 5) is 17.8. The molecule has 0 saturated carbocycles. The van der Waals surface area contributed by atoms with Crippen LogP contribution in [0.2, 0.25) is 5.02 Å². The number of H-pyrrole nitrogens is 1. The zero-order valence-electron chi connectivity index (χ0n) is 19.2. The van der Waals surface area contributed by atoms with Crippen LogP contribution in [0.4, 0.5) is 0 Å². The molecule has 3 N–H and O–H groups in total. The van der Waals surface area contributed by atoms with Crippen LogP contribution in [0.5, 0.6) is 5.75 Å². The summed E-state index contributed by atoms with van der Waals surface area (Å²) in [7, 11) is 0. The number of fused-ring (bicyclic) bond motifs is 1. The summed E-state index contributed by atoms with van der Waals surface area (Å²) < 4.78 is 0. The van der Waals surface area contributed by atoms with E-state index >= 15 is 0 Å². The first-order chi connectivity index (χ1) is 16.3. The molecule has 5 nitrogen and oxygen atoms in total. The number of carboxylic acids is 1. The Labute approximate surface area is 204 Å². The average molecular weight is 475 g/mol. The molecule has 0 fully saturated rings. The van der Waals surface area contributed by atoms with E-state index in [0.29, 0.717) is 5.56 Å². The number of phenolic OH excluding ortho intramolecular Hbond substituents is 1. The molecule has 0 amide bonds. The highest BCUT2D eigenvalue weighted by molar-refractivity contribution is 6.32. The van der Waals surface area contributed by atoms with Gasteiger partial charge in [-0.2, -0.15) is 0 Å². The van der Waals surface area contributed by atoms with Crippen LogP contribution in [0.15, 0.2) is 85.3 Å². The van der Waals surface area contributed by atoms with E-state index in [-0.39, 0.29) is 11.3 Å². The Kier molecular flexibility index (Phi) is 10.4. The Balaban J connectivity index is 0.000000310. The average Bonchev–Trinajstić information content (AvgIpc) is 3.25. The number of aryl methyl sites for hydroxylation is 1. The number of allylic oxidation sites excluding steroid dienone is 7. The number of rotatable bonds is 6. The van der Waals surface area contributed by atoms with Gasteiger partial charge in [0.15, 0.2) is 0 Å². The zero-order valence-corrected chi connectivity index (χ0v) is 19.9. The summed E-state index contributed by atoms with van der Waals surface area (Å²) in [5.74, 6) is 4.67. The van der Waals surface area contributed by atoms with E-state index < -0.39 is 5.97 Å². The molecule has 0 saturated heterocycles. The molecule has 6 heteroatoms. The minimum absolute atomic E-state index is 0.0204. The molecule has 0 radical (unpaired) electrons. The molecule has 0 atom stereocenters. The minimum atomic E-state index is -1.02. The number of carboxylic acid groups (broad SMARTS) is 1. The lowest BCUT2D eigenvalue weighted by molar-refractivity contribution is 0.0695. The molecular weight excluding hydrogens is 448 g/mol. The van der Waals surface area contributed by atoms with Crippen LogP contribution in [0, 0.1) is 18.8 Å². The van der Waals surface area contributed by atoms with Crippen LogP contribution in [0.25, 0.3) is 11.0 Å². The standard InChI is InChI=1S/C20H19ClN2.C8H8O3/c1-3-5-6-7-10-16(9-4-2)11-8-12-17-13-19-20(14-18(17)21)23-15-22-19;1-5-2-3-6(9)4-7(5)8(10)11/h3,7-11,13-15H,1,4,12H2,2H3,(H,22,23);2-4,9H,1H3,(H,10,11)/b10-7+,11-8-,16-9-;. The Morgan fingerprint density at radius 2 is 2.03 bits per heavy atom. The number of aromatic hydroxyl groups is 1. The Hall–Kier alpha value is -4.01. The molecule has 34 heavy (non-hydrogen) atoms. The van der Waals surface area contributed by atoms with E-state index in [1.807, 2.05) is 24.3 Å². The Bertz CT molecular complexity index is 1300. The molecule has 0 aliphatic rings. The zero-order chi connectivity index (χ0) is 24.9. The fraction of sp³-hybridized carbons (Fsp3) is 0.143. The number of hydrogen-bond donors (Lipinski definition) is 3. The molecule has 3 aromatic rings. The Morgan fingerprint density at radius 3 is 2.71 bits per heavy atom. The van der Waals surface area contributed by atoms with Crippen LogP contribution in [-0.4, -0.2) is 26.2 Å². The smallest absolute Gasteiger partial charge is 0.336 e. The van der Waals surface area contributed by atoms with Gasteiger partial charge in [-0.3, -0.25) is 0 Å². The maximum Gasteiger partial charge on any atom is 0.336 e. The number of phenols is 1. The lowest BCUT2D eigenvalue weighted by atomic mass is 10.1. The number of halogens is 1. The number of benzene rings is 2. The van der Waals surface area contributed by atoms with Gasteiger partial charge in [0.2, 0.25) is 0 Å². The second-order valence-corrected chi connectivity index (χ2v) is 7.62. The number of hydrogen-bond acceptors (Lipinski definition) is 3. The third-order valence-corrected chi connectivity index (χ3v) is 5.02. The molecule has 1 heterocycles. The van der Waals surface area contributed by atoms with Gasteiger partial charge in [0.25, 0.3) is 0 Å². The van der Waals surface area contributed by atoms with E-state index in [0.717, 1.165) is 40.0 Å². The maximum atomic E-state index is 10.5. The van der Waals surface area contributed by atoms with Crippen molar-refractivity contribution in [2.24, 2.45) is 0 Å². The van der Waals surface area contributed by atoms with E-state index in [9.17, 15) is 4.79 Å². The quantitative estimate of drug-likeness (QED) is 0.271. The first kappa shape index (κ1) is 26.2. The molecule has 0 aliphatic carbocycles. The third-order valence-electron chi connectivity index (χ3n) is 4.67. The van der Waals surface area contributed by atoms with E-state index in [2.05, 4.69) is 53.5 Å². The molecule has 0 unspecified atom stereocenters. The van der Waals surface area contributed by atoms with Gasteiger partial charge in [-0.15, -0.1) is 0 Å². The predicted octanol–water partition coefficient (Wildman–Crippen LogP) is 6.80. The molecule has 0 spiro atoms. The van der Waals surface area contributed by atoms with Gasteiger partial charge in [0.1, 0.15) is 5.75 Å². The van der Waals surface area contributed by atoms with Crippen molar-refractivity contribution < 1.29 is 15.0 Å². The summed E-state index contributed by atoms with van der Waals surface area (Å²) >= 11 is 6.31. The van der Waals surface area contributed by atoms with Crippen molar-refractivity contribution in [2.75, 3.05) is 0 Å². The van der Waals surface area contributed by atoms with Crippen LogP contribution in [0.1, 0.15) is 34.8 Å². The lowest BCUT2D eigenvalue weighted by Crippen LogP contribution is -1.98. The minimum Gasteiger partial charge on any atom is -0.508 e. The Morgan fingerprint density at radius 1 is 1.24 bits per heavy atom. The molecule has 1 aromatic heterocycles. The molecule has 3 rings (SSSR count). The van der Waals surface area contributed by atoms with Crippen LogP contribution < -0.4 is 0 Å².